The molecule has 2 aromatic carbocycles. The van der Waals surface area contributed by atoms with E-state index in [0.717, 1.165) is 0 Å². The van der Waals surface area contributed by atoms with Crippen molar-refractivity contribution in [2.75, 3.05) is 10.6 Å². The molecule has 3 aromatic rings. The lowest BCUT2D eigenvalue weighted by atomic mass is 10.0. The van der Waals surface area contributed by atoms with Crippen LogP contribution in [0.1, 0.15) is 15.9 Å². The van der Waals surface area contributed by atoms with E-state index in [-0.39, 0.29) is 5.78 Å². The third-order valence-electron chi connectivity index (χ3n) is 3.42. The quantitative estimate of drug-likeness (QED) is 0.674. The number of benzene rings is 2. The summed E-state index contributed by atoms with van der Waals surface area (Å²) in [5.41, 5.74) is 1.19. The number of amides is 2. The van der Waals surface area contributed by atoms with Gasteiger partial charge in [-0.15, -0.1) is 0 Å². The fourth-order valence-corrected chi connectivity index (χ4v) is 2.44. The first-order valence-corrected chi connectivity index (χ1v) is 7.89. The molecule has 25 heavy (non-hydrogen) atoms. The Morgan fingerprint density at radius 1 is 0.880 bits per heavy atom. The summed E-state index contributed by atoms with van der Waals surface area (Å²) in [4.78, 5) is 28.9. The van der Waals surface area contributed by atoms with Gasteiger partial charge in [-0.05, 0) is 30.3 Å². The molecule has 0 fully saturated rings. The molecular weight excluding hydrogens is 338 g/mol. The highest BCUT2D eigenvalue weighted by Crippen LogP contribution is 2.24. The Morgan fingerprint density at radius 2 is 1.64 bits per heavy atom. The van der Waals surface area contributed by atoms with E-state index >= 15 is 0 Å². The lowest BCUT2D eigenvalue weighted by molar-refractivity contribution is 0.103. The Bertz CT molecular complexity index is 899. The molecule has 0 aliphatic heterocycles. The monoisotopic (exact) mass is 351 g/mol. The van der Waals surface area contributed by atoms with Gasteiger partial charge in [-0.1, -0.05) is 48.0 Å². The van der Waals surface area contributed by atoms with Crippen molar-refractivity contribution in [3.8, 4) is 0 Å². The minimum atomic E-state index is -0.497. The predicted octanol–water partition coefficient (Wildman–Crippen LogP) is 4.61. The van der Waals surface area contributed by atoms with Crippen molar-refractivity contribution >= 4 is 34.9 Å². The van der Waals surface area contributed by atoms with Crippen LogP contribution in [-0.2, 0) is 0 Å². The number of carbonyl (C=O) groups is 2. The SMILES string of the molecule is O=C(Nc1ccccn1)Nc1ccc(Cl)cc1C(=O)c1ccccc1. The minimum absolute atomic E-state index is 0.226. The topological polar surface area (TPSA) is 71.1 Å². The first kappa shape index (κ1) is 16.7. The number of rotatable bonds is 4. The van der Waals surface area contributed by atoms with Crippen LogP contribution in [-0.4, -0.2) is 16.8 Å². The normalized spacial score (nSPS) is 10.1. The summed E-state index contributed by atoms with van der Waals surface area (Å²) in [6, 6.07) is 18.2. The molecule has 5 nitrogen and oxygen atoms in total. The van der Waals surface area contributed by atoms with Crippen LogP contribution in [0.25, 0.3) is 0 Å². The van der Waals surface area contributed by atoms with Gasteiger partial charge >= 0.3 is 6.03 Å². The summed E-state index contributed by atoms with van der Waals surface area (Å²) in [5.74, 6) is 0.182. The van der Waals surface area contributed by atoms with E-state index in [9.17, 15) is 9.59 Å². The summed E-state index contributed by atoms with van der Waals surface area (Å²) < 4.78 is 0. The second kappa shape index (κ2) is 7.59. The van der Waals surface area contributed by atoms with Gasteiger partial charge in [0.2, 0.25) is 0 Å². The molecule has 124 valence electrons. The van der Waals surface area contributed by atoms with Gasteiger partial charge in [0.25, 0.3) is 0 Å². The Kier molecular flexibility index (Phi) is 5.06. The third-order valence-corrected chi connectivity index (χ3v) is 3.65. The minimum Gasteiger partial charge on any atom is -0.307 e. The molecule has 0 unspecified atom stereocenters. The maximum absolute atomic E-state index is 12.7. The standard InChI is InChI=1S/C19H14ClN3O2/c20-14-9-10-16(22-19(25)23-17-8-4-5-11-21-17)15(12-14)18(24)13-6-2-1-3-7-13/h1-12H,(H2,21,22,23,25). The van der Waals surface area contributed by atoms with Crippen LogP contribution in [0.2, 0.25) is 5.02 Å². The van der Waals surface area contributed by atoms with Crippen LogP contribution in [0.3, 0.4) is 0 Å². The number of carbonyl (C=O) groups excluding carboxylic acids is 2. The fourth-order valence-electron chi connectivity index (χ4n) is 2.26. The van der Waals surface area contributed by atoms with Gasteiger partial charge in [0, 0.05) is 22.3 Å². The van der Waals surface area contributed by atoms with E-state index in [0.29, 0.717) is 27.7 Å². The molecule has 0 aliphatic carbocycles. The molecule has 0 saturated carbocycles. The molecule has 6 heteroatoms. The van der Waals surface area contributed by atoms with Gasteiger partial charge in [-0.3, -0.25) is 10.1 Å². The zero-order valence-corrected chi connectivity index (χ0v) is 13.8. The van der Waals surface area contributed by atoms with Gasteiger partial charge < -0.3 is 5.32 Å². The Morgan fingerprint density at radius 3 is 2.36 bits per heavy atom. The molecule has 0 saturated heterocycles. The summed E-state index contributed by atoms with van der Waals surface area (Å²) in [7, 11) is 0. The molecule has 2 N–H and O–H groups in total. The molecule has 0 radical (unpaired) electrons. The third kappa shape index (κ3) is 4.22. The van der Waals surface area contributed by atoms with Gasteiger partial charge in [-0.25, -0.2) is 9.78 Å². The molecule has 3 rings (SSSR count). The van der Waals surface area contributed by atoms with E-state index < -0.39 is 6.03 Å². The Labute approximate surface area is 149 Å². The molecule has 2 amide bonds. The number of hydrogen-bond acceptors (Lipinski definition) is 3. The number of pyridine rings is 1. The number of ketones is 1. The summed E-state index contributed by atoms with van der Waals surface area (Å²) >= 11 is 6.02. The predicted molar refractivity (Wildman–Crippen MR) is 98.2 cm³/mol. The lowest BCUT2D eigenvalue weighted by Gasteiger charge is -2.12. The number of anilines is 2. The first-order valence-electron chi connectivity index (χ1n) is 7.52. The summed E-state index contributed by atoms with van der Waals surface area (Å²) in [5, 5.41) is 5.68. The first-order chi connectivity index (χ1) is 12.1. The Hall–Kier alpha value is -3.18. The van der Waals surface area contributed by atoms with Crippen LogP contribution in [0, 0.1) is 0 Å². The zero-order chi connectivity index (χ0) is 17.6. The molecule has 1 heterocycles. The maximum Gasteiger partial charge on any atom is 0.324 e. The van der Waals surface area contributed by atoms with Gasteiger partial charge in [0.15, 0.2) is 5.78 Å². The van der Waals surface area contributed by atoms with Crippen LogP contribution in [0.4, 0.5) is 16.3 Å². The van der Waals surface area contributed by atoms with Crippen molar-refractivity contribution in [2.45, 2.75) is 0 Å². The van der Waals surface area contributed by atoms with Crippen molar-refractivity contribution in [1.82, 2.24) is 4.98 Å². The number of nitrogens with zero attached hydrogens (tertiary/aromatic N) is 1. The van der Waals surface area contributed by atoms with Crippen molar-refractivity contribution < 1.29 is 9.59 Å². The van der Waals surface area contributed by atoms with Gasteiger partial charge in [0.1, 0.15) is 5.82 Å². The fraction of sp³-hybridized carbons (Fsp3) is 0. The highest BCUT2D eigenvalue weighted by Gasteiger charge is 2.16. The summed E-state index contributed by atoms with van der Waals surface area (Å²) in [6.07, 6.45) is 1.57. The molecule has 1 aromatic heterocycles. The van der Waals surface area contributed by atoms with E-state index in [1.807, 2.05) is 6.07 Å². The highest BCUT2D eigenvalue weighted by atomic mass is 35.5. The van der Waals surface area contributed by atoms with E-state index in [2.05, 4.69) is 15.6 Å². The second-order valence-electron chi connectivity index (χ2n) is 5.18. The number of urea groups is 1. The van der Waals surface area contributed by atoms with Crippen LogP contribution >= 0.6 is 11.6 Å². The van der Waals surface area contributed by atoms with Crippen LogP contribution < -0.4 is 10.6 Å². The van der Waals surface area contributed by atoms with Crippen molar-refractivity contribution in [1.29, 1.82) is 0 Å². The largest absolute Gasteiger partial charge is 0.324 e. The van der Waals surface area contributed by atoms with E-state index in [1.54, 1.807) is 60.8 Å². The summed E-state index contributed by atoms with van der Waals surface area (Å²) in [6.45, 7) is 0. The highest BCUT2D eigenvalue weighted by molar-refractivity contribution is 6.31. The number of aromatic nitrogens is 1. The van der Waals surface area contributed by atoms with E-state index in [4.69, 9.17) is 11.6 Å². The average Bonchev–Trinajstić information content (AvgIpc) is 2.64. The number of hydrogen-bond donors (Lipinski definition) is 2. The molecule has 0 atom stereocenters. The van der Waals surface area contributed by atoms with Crippen molar-refractivity contribution in [2.24, 2.45) is 0 Å². The number of nitrogens with one attached hydrogen (secondary N) is 2. The van der Waals surface area contributed by atoms with E-state index in [1.165, 1.54) is 6.07 Å². The zero-order valence-electron chi connectivity index (χ0n) is 13.1. The smallest absolute Gasteiger partial charge is 0.307 e. The van der Waals surface area contributed by atoms with Crippen LogP contribution in [0.5, 0.6) is 0 Å². The molecule has 0 spiro atoms. The van der Waals surface area contributed by atoms with Crippen molar-refractivity contribution in [3.05, 3.63) is 89.1 Å². The Balaban J connectivity index is 1.84. The van der Waals surface area contributed by atoms with Crippen LogP contribution in [0.15, 0.2) is 72.9 Å². The average molecular weight is 352 g/mol. The second-order valence-corrected chi connectivity index (χ2v) is 5.62. The molecule has 0 aliphatic rings. The van der Waals surface area contributed by atoms with Gasteiger partial charge in [-0.2, -0.15) is 0 Å². The maximum atomic E-state index is 12.7. The van der Waals surface area contributed by atoms with Crippen molar-refractivity contribution in [3.63, 3.8) is 0 Å². The van der Waals surface area contributed by atoms with Gasteiger partial charge in [0.05, 0.1) is 5.69 Å². The lowest BCUT2D eigenvalue weighted by Crippen LogP contribution is -2.21. The molecular formula is C19H14ClN3O2. The molecule has 0 bridgehead atoms. The number of halogens is 1.